The predicted octanol–water partition coefficient (Wildman–Crippen LogP) is 2.53. The third kappa shape index (κ3) is 4.42. The largest absolute Gasteiger partial charge is 0.383 e. The number of anilines is 1. The number of aryl methyl sites for hydroxylation is 1. The number of hydrogen-bond acceptors (Lipinski definition) is 5. The molecule has 0 radical (unpaired) electrons. The fourth-order valence-corrected chi connectivity index (χ4v) is 2.43. The van der Waals surface area contributed by atoms with Gasteiger partial charge in [0.05, 0.1) is 22.8 Å². The number of benzene rings is 2. The van der Waals surface area contributed by atoms with Crippen LogP contribution in [0.25, 0.3) is 0 Å². The SMILES string of the molecule is COCCNC(=O)c1ccccc1NC(=O)c1cccc(C)c1[N+](=O)[O-]. The highest BCUT2D eigenvalue weighted by molar-refractivity contribution is 6.10. The maximum absolute atomic E-state index is 12.6. The molecule has 0 unspecified atom stereocenters. The lowest BCUT2D eigenvalue weighted by Crippen LogP contribution is -2.28. The van der Waals surface area contributed by atoms with E-state index in [1.165, 1.54) is 13.2 Å². The van der Waals surface area contributed by atoms with E-state index >= 15 is 0 Å². The van der Waals surface area contributed by atoms with Crippen LogP contribution in [0, 0.1) is 17.0 Å². The number of para-hydroxylation sites is 2. The summed E-state index contributed by atoms with van der Waals surface area (Å²) in [7, 11) is 1.52. The van der Waals surface area contributed by atoms with E-state index in [9.17, 15) is 19.7 Å². The molecule has 0 aliphatic carbocycles. The van der Waals surface area contributed by atoms with Crippen LogP contribution < -0.4 is 10.6 Å². The van der Waals surface area contributed by atoms with Crippen LogP contribution in [0.4, 0.5) is 11.4 Å². The molecule has 8 nitrogen and oxygen atoms in total. The summed E-state index contributed by atoms with van der Waals surface area (Å²) < 4.78 is 4.88. The van der Waals surface area contributed by atoms with Gasteiger partial charge >= 0.3 is 0 Å². The van der Waals surface area contributed by atoms with Crippen molar-refractivity contribution in [3.05, 3.63) is 69.3 Å². The summed E-state index contributed by atoms with van der Waals surface area (Å²) in [6, 6.07) is 10.9. The highest BCUT2D eigenvalue weighted by Gasteiger charge is 2.23. The summed E-state index contributed by atoms with van der Waals surface area (Å²) in [5, 5.41) is 16.5. The molecular weight excluding hydrogens is 338 g/mol. The van der Waals surface area contributed by atoms with Gasteiger partial charge in [0.2, 0.25) is 0 Å². The zero-order valence-electron chi connectivity index (χ0n) is 14.4. The summed E-state index contributed by atoms with van der Waals surface area (Å²) >= 11 is 0. The van der Waals surface area contributed by atoms with Crippen molar-refractivity contribution in [3.63, 3.8) is 0 Å². The van der Waals surface area contributed by atoms with Gasteiger partial charge in [0.15, 0.2) is 0 Å². The molecule has 2 amide bonds. The van der Waals surface area contributed by atoms with Crippen LogP contribution >= 0.6 is 0 Å². The van der Waals surface area contributed by atoms with Gasteiger partial charge < -0.3 is 15.4 Å². The summed E-state index contributed by atoms with van der Waals surface area (Å²) in [6.45, 7) is 2.24. The molecule has 2 aromatic rings. The molecule has 0 bridgehead atoms. The number of amides is 2. The summed E-state index contributed by atoms with van der Waals surface area (Å²) in [6.07, 6.45) is 0. The van der Waals surface area contributed by atoms with Crippen molar-refractivity contribution in [1.29, 1.82) is 0 Å². The number of nitrogens with zero attached hydrogens (tertiary/aromatic N) is 1. The van der Waals surface area contributed by atoms with Crippen LogP contribution in [0.1, 0.15) is 26.3 Å². The minimum atomic E-state index is -0.655. The van der Waals surface area contributed by atoms with E-state index in [2.05, 4.69) is 10.6 Å². The maximum Gasteiger partial charge on any atom is 0.285 e. The lowest BCUT2D eigenvalue weighted by molar-refractivity contribution is -0.385. The first kappa shape index (κ1) is 19.1. The summed E-state index contributed by atoms with van der Waals surface area (Å²) in [4.78, 5) is 35.5. The van der Waals surface area contributed by atoms with E-state index in [-0.39, 0.29) is 28.4 Å². The first-order valence-corrected chi connectivity index (χ1v) is 7.87. The average Bonchev–Trinajstić information content (AvgIpc) is 2.61. The number of ether oxygens (including phenoxy) is 1. The molecule has 2 rings (SSSR count). The molecule has 0 spiro atoms. The maximum atomic E-state index is 12.6. The number of methoxy groups -OCH3 is 1. The Balaban J connectivity index is 2.27. The first-order valence-electron chi connectivity index (χ1n) is 7.87. The topological polar surface area (TPSA) is 111 Å². The molecule has 136 valence electrons. The molecule has 0 aromatic heterocycles. The Morgan fingerprint density at radius 1 is 1.08 bits per heavy atom. The van der Waals surface area contributed by atoms with Crippen LogP contribution in [0.15, 0.2) is 42.5 Å². The summed E-state index contributed by atoms with van der Waals surface area (Å²) in [5.41, 5.74) is 0.584. The fraction of sp³-hybridized carbons (Fsp3) is 0.222. The van der Waals surface area contributed by atoms with E-state index < -0.39 is 10.8 Å². The van der Waals surface area contributed by atoms with E-state index in [0.29, 0.717) is 18.7 Å². The molecular formula is C18H19N3O5. The quantitative estimate of drug-likeness (QED) is 0.449. The number of hydrogen-bond donors (Lipinski definition) is 2. The van der Waals surface area contributed by atoms with Gasteiger partial charge in [-0.25, -0.2) is 0 Å². The lowest BCUT2D eigenvalue weighted by Gasteiger charge is -2.12. The van der Waals surface area contributed by atoms with Crippen LogP contribution in [0.3, 0.4) is 0 Å². The second-order valence-corrected chi connectivity index (χ2v) is 5.48. The second-order valence-electron chi connectivity index (χ2n) is 5.48. The van der Waals surface area contributed by atoms with Gasteiger partial charge in [0.25, 0.3) is 17.5 Å². The molecule has 0 fully saturated rings. The minimum Gasteiger partial charge on any atom is -0.383 e. The van der Waals surface area contributed by atoms with Crippen LogP contribution in [0.2, 0.25) is 0 Å². The minimum absolute atomic E-state index is 0.0652. The zero-order chi connectivity index (χ0) is 19.1. The summed E-state index contributed by atoms with van der Waals surface area (Å²) in [5.74, 6) is -1.03. The fourth-order valence-electron chi connectivity index (χ4n) is 2.43. The van der Waals surface area contributed by atoms with Gasteiger partial charge in [-0.2, -0.15) is 0 Å². The number of nitrogens with one attached hydrogen (secondary N) is 2. The van der Waals surface area contributed by atoms with Crippen LogP contribution in [0.5, 0.6) is 0 Å². The van der Waals surface area contributed by atoms with E-state index in [0.717, 1.165) is 0 Å². The standard InChI is InChI=1S/C18H19N3O5/c1-12-6-5-8-14(16(12)21(24)25)18(23)20-15-9-4-3-7-13(15)17(22)19-10-11-26-2/h3-9H,10-11H2,1-2H3,(H,19,22)(H,20,23). The number of carbonyl (C=O) groups is 2. The van der Waals surface area contributed by atoms with Crippen molar-refractivity contribution in [2.75, 3.05) is 25.6 Å². The van der Waals surface area contributed by atoms with Gasteiger partial charge in [0, 0.05) is 19.2 Å². The Morgan fingerprint density at radius 3 is 2.46 bits per heavy atom. The molecule has 0 aliphatic heterocycles. The third-order valence-electron chi connectivity index (χ3n) is 3.68. The molecule has 0 heterocycles. The van der Waals surface area contributed by atoms with E-state index in [1.54, 1.807) is 43.3 Å². The van der Waals surface area contributed by atoms with Crippen molar-refractivity contribution in [3.8, 4) is 0 Å². The van der Waals surface area contributed by atoms with E-state index in [1.807, 2.05) is 0 Å². The third-order valence-corrected chi connectivity index (χ3v) is 3.68. The molecule has 8 heteroatoms. The number of rotatable bonds is 7. The molecule has 0 saturated carbocycles. The van der Waals surface area contributed by atoms with Crippen molar-refractivity contribution in [1.82, 2.24) is 5.32 Å². The Bertz CT molecular complexity index is 835. The first-order chi connectivity index (χ1) is 12.5. The highest BCUT2D eigenvalue weighted by atomic mass is 16.6. The van der Waals surface area contributed by atoms with Crippen molar-refractivity contribution < 1.29 is 19.2 Å². The van der Waals surface area contributed by atoms with Gasteiger partial charge in [-0.05, 0) is 25.1 Å². The van der Waals surface area contributed by atoms with Gasteiger partial charge in [0.1, 0.15) is 5.56 Å². The highest BCUT2D eigenvalue weighted by Crippen LogP contribution is 2.25. The normalized spacial score (nSPS) is 10.2. The van der Waals surface area contributed by atoms with Crippen molar-refractivity contribution >= 4 is 23.2 Å². The number of nitro benzene ring substituents is 1. The smallest absolute Gasteiger partial charge is 0.285 e. The Kier molecular flexibility index (Phi) is 6.40. The Hall–Kier alpha value is -3.26. The lowest BCUT2D eigenvalue weighted by atomic mass is 10.1. The molecule has 0 atom stereocenters. The van der Waals surface area contributed by atoms with E-state index in [4.69, 9.17) is 4.74 Å². The predicted molar refractivity (Wildman–Crippen MR) is 96.4 cm³/mol. The number of carbonyl (C=O) groups excluding carboxylic acids is 2. The second kappa shape index (κ2) is 8.72. The van der Waals surface area contributed by atoms with Crippen molar-refractivity contribution in [2.24, 2.45) is 0 Å². The molecule has 2 aromatic carbocycles. The van der Waals surface area contributed by atoms with Crippen LogP contribution in [-0.2, 0) is 4.74 Å². The monoisotopic (exact) mass is 357 g/mol. The Morgan fingerprint density at radius 2 is 1.77 bits per heavy atom. The van der Waals surface area contributed by atoms with Gasteiger partial charge in [-0.1, -0.05) is 24.3 Å². The van der Waals surface area contributed by atoms with Crippen LogP contribution in [-0.4, -0.2) is 37.0 Å². The Labute approximate surface area is 150 Å². The zero-order valence-corrected chi connectivity index (χ0v) is 14.4. The average molecular weight is 357 g/mol. The molecule has 26 heavy (non-hydrogen) atoms. The van der Waals surface area contributed by atoms with Gasteiger partial charge in [-0.3, -0.25) is 19.7 Å². The number of nitro groups is 1. The van der Waals surface area contributed by atoms with Crippen molar-refractivity contribution in [2.45, 2.75) is 6.92 Å². The molecule has 0 aliphatic rings. The van der Waals surface area contributed by atoms with Gasteiger partial charge in [-0.15, -0.1) is 0 Å². The molecule has 0 saturated heterocycles. The molecule has 2 N–H and O–H groups in total.